The number of aromatic amines is 1. The molecule has 0 bridgehead atoms. The molecule has 4 rings (SSSR count). The maximum absolute atomic E-state index is 3.95. The number of aromatic nitrogens is 8. The van der Waals surface area contributed by atoms with E-state index in [0.29, 0.717) is 16.2 Å². The lowest BCUT2D eigenvalue weighted by atomic mass is 10.0. The topological polar surface area (TPSA) is 82.1 Å². The second-order valence-corrected chi connectivity index (χ2v) is 16.2. The molecule has 8 nitrogen and oxygen atoms in total. The number of nitrogens with zero attached hydrogens (tertiary/aromatic N) is 7. The van der Waals surface area contributed by atoms with Crippen LogP contribution in [0.25, 0.3) is 0 Å². The number of H-pyrrole nitrogens is 1. The standard InChI is InChI=1S/C7H12N2.C5H8N2.3C5H12.2C4H6N2.2CH4/c1-7(2,3)9-5-4-8-6-9;1-5-3-6-4-7(5)2;3*1-5(2,3)4;1-6-3-2-5-4-6;1-4-5-2-3-6-4;;/h4-6H,1-3H3;3-4H,1-2H3;3*1-4H3;2-4H,1H3;2-3H,1H3,(H,5,6);2*1H4. The highest BCUT2D eigenvalue weighted by Gasteiger charge is 2.09. The molecule has 0 aliphatic rings. The molecule has 0 amide bonds. The summed E-state index contributed by atoms with van der Waals surface area (Å²) in [4.78, 5) is 18.4. The summed E-state index contributed by atoms with van der Waals surface area (Å²) in [5.74, 6) is 0.968. The van der Waals surface area contributed by atoms with Crippen molar-refractivity contribution in [3.05, 3.63) is 73.9 Å². The van der Waals surface area contributed by atoms with Gasteiger partial charge in [-0.3, -0.25) is 0 Å². The van der Waals surface area contributed by atoms with E-state index in [1.807, 2.05) is 62.0 Å². The molecule has 45 heavy (non-hydrogen) atoms. The van der Waals surface area contributed by atoms with E-state index >= 15 is 0 Å². The summed E-state index contributed by atoms with van der Waals surface area (Å²) in [6.07, 6.45) is 18.1. The van der Waals surface area contributed by atoms with Crippen molar-refractivity contribution in [3.8, 4) is 0 Å². The second-order valence-electron chi connectivity index (χ2n) is 16.2. The van der Waals surface area contributed by atoms with Crippen LogP contribution in [0.2, 0.25) is 0 Å². The van der Waals surface area contributed by atoms with E-state index in [2.05, 4.69) is 133 Å². The van der Waals surface area contributed by atoms with Gasteiger partial charge in [-0.25, -0.2) is 19.9 Å². The summed E-state index contributed by atoms with van der Waals surface area (Å²) in [5, 5.41) is 0. The summed E-state index contributed by atoms with van der Waals surface area (Å²) in [7, 11) is 3.91. The van der Waals surface area contributed by atoms with E-state index in [4.69, 9.17) is 0 Å². The molecule has 0 unspecified atom stereocenters. The molecule has 0 aliphatic carbocycles. The van der Waals surface area contributed by atoms with Gasteiger partial charge in [0.1, 0.15) is 5.82 Å². The van der Waals surface area contributed by atoms with Gasteiger partial charge < -0.3 is 18.7 Å². The third-order valence-electron chi connectivity index (χ3n) is 3.61. The normalized spacial score (nSPS) is 10.2. The van der Waals surface area contributed by atoms with Gasteiger partial charge in [0.05, 0.1) is 19.0 Å². The van der Waals surface area contributed by atoms with Crippen molar-refractivity contribution in [2.45, 2.75) is 138 Å². The van der Waals surface area contributed by atoms with Crippen molar-refractivity contribution in [2.75, 3.05) is 0 Å². The molecule has 0 aromatic carbocycles. The van der Waals surface area contributed by atoms with Crippen LogP contribution >= 0.6 is 0 Å². The number of hydrogen-bond donors (Lipinski definition) is 1. The third kappa shape index (κ3) is 53.8. The zero-order chi connectivity index (χ0) is 34.5. The van der Waals surface area contributed by atoms with Crippen LogP contribution in [0.15, 0.2) is 62.4 Å². The number of rotatable bonds is 0. The Labute approximate surface area is 280 Å². The SMILES string of the molecule is C.C.CC(C)(C)C.CC(C)(C)C.CC(C)(C)C.CC(C)(C)n1ccnc1.Cc1cncn1C.Cc1ncc[nH]1.Cn1ccnc1. The minimum atomic E-state index is 0. The van der Waals surface area contributed by atoms with Gasteiger partial charge in [-0.05, 0) is 50.9 Å². The lowest BCUT2D eigenvalue weighted by Crippen LogP contribution is -2.19. The summed E-state index contributed by atoms with van der Waals surface area (Å²) in [5.41, 5.74) is 2.87. The summed E-state index contributed by atoms with van der Waals surface area (Å²) >= 11 is 0. The molecule has 4 aromatic heterocycles. The van der Waals surface area contributed by atoms with Crippen LogP contribution in [0, 0.1) is 30.1 Å². The first-order valence-electron chi connectivity index (χ1n) is 15.0. The zero-order valence-electron chi connectivity index (χ0n) is 31.4. The fraction of sp³-hybridized carbons (Fsp3) is 0.676. The minimum absolute atomic E-state index is 0. The molecule has 1 N–H and O–H groups in total. The van der Waals surface area contributed by atoms with Crippen LogP contribution in [0.5, 0.6) is 0 Å². The van der Waals surface area contributed by atoms with Crippen LogP contribution in [0.4, 0.5) is 0 Å². The van der Waals surface area contributed by atoms with Crippen LogP contribution in [-0.4, -0.2) is 38.6 Å². The van der Waals surface area contributed by atoms with Crippen molar-refractivity contribution in [1.29, 1.82) is 0 Å². The minimum Gasteiger partial charge on any atom is -0.349 e. The molecular formula is C37H76N8. The number of imidazole rings is 4. The first kappa shape index (κ1) is 51.4. The van der Waals surface area contributed by atoms with Crippen molar-refractivity contribution in [3.63, 3.8) is 0 Å². The molecular weight excluding hydrogens is 556 g/mol. The fourth-order valence-electron chi connectivity index (χ4n) is 1.75. The van der Waals surface area contributed by atoms with Crippen LogP contribution in [0.3, 0.4) is 0 Å². The average molecular weight is 633 g/mol. The van der Waals surface area contributed by atoms with Gasteiger partial charge in [-0.1, -0.05) is 97.9 Å². The Morgan fingerprint density at radius 3 is 1.11 bits per heavy atom. The molecule has 0 saturated carbocycles. The smallest absolute Gasteiger partial charge is 0.102 e. The molecule has 8 heteroatoms. The second kappa shape index (κ2) is 25.1. The molecule has 4 aromatic rings. The number of hydrogen-bond acceptors (Lipinski definition) is 4. The van der Waals surface area contributed by atoms with E-state index in [9.17, 15) is 0 Å². The van der Waals surface area contributed by atoms with Gasteiger partial charge >= 0.3 is 0 Å². The Morgan fingerprint density at radius 2 is 1.00 bits per heavy atom. The van der Waals surface area contributed by atoms with Gasteiger partial charge in [-0.2, -0.15) is 0 Å². The fourth-order valence-corrected chi connectivity index (χ4v) is 1.75. The lowest BCUT2D eigenvalue weighted by Gasteiger charge is -2.19. The highest BCUT2D eigenvalue weighted by Crippen LogP contribution is 2.11. The molecule has 0 saturated heterocycles. The molecule has 264 valence electrons. The number of aryl methyl sites for hydroxylation is 4. The molecule has 4 heterocycles. The summed E-state index contributed by atoms with van der Waals surface area (Å²) in [6.45, 7) is 36.6. The Kier molecular flexibility index (Phi) is 28.7. The van der Waals surface area contributed by atoms with E-state index in [1.54, 1.807) is 37.4 Å². The first-order valence-corrected chi connectivity index (χ1v) is 15.0. The lowest BCUT2D eigenvalue weighted by molar-refractivity contribution is 0.396. The van der Waals surface area contributed by atoms with Gasteiger partial charge in [-0.15, -0.1) is 0 Å². The molecule has 0 atom stereocenters. The molecule has 0 spiro atoms. The van der Waals surface area contributed by atoms with Crippen LogP contribution in [-0.2, 0) is 19.6 Å². The monoisotopic (exact) mass is 633 g/mol. The van der Waals surface area contributed by atoms with Crippen molar-refractivity contribution < 1.29 is 0 Å². The quantitative estimate of drug-likeness (QED) is 0.209. The predicted octanol–water partition coefficient (Wildman–Crippen LogP) is 10.9. The van der Waals surface area contributed by atoms with Gasteiger partial charge in [0.25, 0.3) is 0 Å². The zero-order valence-corrected chi connectivity index (χ0v) is 31.4. The van der Waals surface area contributed by atoms with E-state index in [-0.39, 0.29) is 20.4 Å². The summed E-state index contributed by atoms with van der Waals surface area (Å²) < 4.78 is 5.94. The van der Waals surface area contributed by atoms with Crippen LogP contribution in [0.1, 0.15) is 130 Å². The Hall–Kier alpha value is -3.16. The maximum atomic E-state index is 3.95. The van der Waals surface area contributed by atoms with Crippen LogP contribution < -0.4 is 0 Å². The molecule has 0 fully saturated rings. The third-order valence-corrected chi connectivity index (χ3v) is 3.61. The van der Waals surface area contributed by atoms with Gasteiger partial charge in [0, 0.05) is 68.7 Å². The average Bonchev–Trinajstić information content (AvgIpc) is 3.57. The molecule has 0 radical (unpaired) electrons. The maximum Gasteiger partial charge on any atom is 0.102 e. The molecule has 0 aliphatic heterocycles. The van der Waals surface area contributed by atoms with Gasteiger partial charge in [0.15, 0.2) is 0 Å². The van der Waals surface area contributed by atoms with Gasteiger partial charge in [0.2, 0.25) is 0 Å². The highest BCUT2D eigenvalue weighted by atomic mass is 15.1. The number of nitrogens with one attached hydrogen (secondary N) is 1. The van der Waals surface area contributed by atoms with E-state index < -0.39 is 0 Å². The largest absolute Gasteiger partial charge is 0.349 e. The summed E-state index contributed by atoms with van der Waals surface area (Å²) in [6, 6.07) is 0. The highest BCUT2D eigenvalue weighted by molar-refractivity contribution is 4.92. The first-order chi connectivity index (χ1) is 19.2. The van der Waals surface area contributed by atoms with Crippen molar-refractivity contribution >= 4 is 0 Å². The Morgan fingerprint density at radius 1 is 0.578 bits per heavy atom. The predicted molar refractivity (Wildman–Crippen MR) is 201 cm³/mol. The Balaban J connectivity index is -0.000000139. The Bertz CT molecular complexity index is 998. The van der Waals surface area contributed by atoms with Crippen molar-refractivity contribution in [2.24, 2.45) is 30.3 Å². The van der Waals surface area contributed by atoms with E-state index in [0.717, 1.165) is 5.82 Å². The van der Waals surface area contributed by atoms with Crippen molar-refractivity contribution in [1.82, 2.24) is 38.6 Å². The van der Waals surface area contributed by atoms with E-state index in [1.165, 1.54) is 5.69 Å².